The number of nitrogens with zero attached hydrogens (tertiary/aromatic N) is 1. The lowest BCUT2D eigenvalue weighted by atomic mass is 10.1. The number of benzene rings is 1. The molecular formula is C16H16F3N3OS. The number of thiazole rings is 1. The van der Waals surface area contributed by atoms with Crippen LogP contribution in [0.4, 0.5) is 18.3 Å². The van der Waals surface area contributed by atoms with Gasteiger partial charge in [-0.2, -0.15) is 13.2 Å². The SMILES string of the molecule is O=C(CNCC1CC1)Nc1nc(-c2cccc(C(F)(F)F)c2)cs1. The summed E-state index contributed by atoms with van der Waals surface area (Å²) in [6.07, 6.45) is -1.97. The van der Waals surface area contributed by atoms with Gasteiger partial charge in [-0.25, -0.2) is 4.98 Å². The van der Waals surface area contributed by atoms with Crippen LogP contribution in [0.3, 0.4) is 0 Å². The largest absolute Gasteiger partial charge is 0.416 e. The predicted octanol–water partition coefficient (Wildman–Crippen LogP) is 3.77. The van der Waals surface area contributed by atoms with Gasteiger partial charge in [-0.15, -0.1) is 11.3 Å². The van der Waals surface area contributed by atoms with Crippen molar-refractivity contribution in [2.45, 2.75) is 19.0 Å². The van der Waals surface area contributed by atoms with Crippen LogP contribution < -0.4 is 10.6 Å². The highest BCUT2D eigenvalue weighted by Crippen LogP contribution is 2.33. The van der Waals surface area contributed by atoms with E-state index in [-0.39, 0.29) is 12.5 Å². The van der Waals surface area contributed by atoms with Crippen molar-refractivity contribution in [1.29, 1.82) is 0 Å². The normalized spacial score (nSPS) is 14.6. The van der Waals surface area contributed by atoms with E-state index in [0.29, 0.717) is 22.3 Å². The molecule has 1 heterocycles. The molecule has 24 heavy (non-hydrogen) atoms. The number of halogens is 3. The predicted molar refractivity (Wildman–Crippen MR) is 86.8 cm³/mol. The van der Waals surface area contributed by atoms with Gasteiger partial charge in [0.15, 0.2) is 5.13 Å². The molecule has 1 amide bonds. The third-order valence-electron chi connectivity index (χ3n) is 3.65. The maximum Gasteiger partial charge on any atom is 0.416 e. The van der Waals surface area contributed by atoms with Crippen LogP contribution in [0.1, 0.15) is 18.4 Å². The number of rotatable bonds is 6. The van der Waals surface area contributed by atoms with Gasteiger partial charge >= 0.3 is 6.18 Å². The van der Waals surface area contributed by atoms with Gasteiger partial charge in [0.05, 0.1) is 17.8 Å². The van der Waals surface area contributed by atoms with Crippen LogP contribution in [0, 0.1) is 5.92 Å². The van der Waals surface area contributed by atoms with Crippen molar-refractivity contribution in [3.8, 4) is 11.3 Å². The van der Waals surface area contributed by atoms with Gasteiger partial charge in [-0.1, -0.05) is 12.1 Å². The number of amides is 1. The Morgan fingerprint density at radius 2 is 2.12 bits per heavy atom. The van der Waals surface area contributed by atoms with Gasteiger partial charge in [0.2, 0.25) is 5.91 Å². The van der Waals surface area contributed by atoms with Gasteiger partial charge in [-0.05, 0) is 37.4 Å². The van der Waals surface area contributed by atoms with Crippen LogP contribution in [0.15, 0.2) is 29.6 Å². The van der Waals surface area contributed by atoms with E-state index < -0.39 is 11.7 Å². The van der Waals surface area contributed by atoms with E-state index >= 15 is 0 Å². The monoisotopic (exact) mass is 355 g/mol. The fourth-order valence-electron chi connectivity index (χ4n) is 2.19. The molecule has 128 valence electrons. The zero-order valence-corrected chi connectivity index (χ0v) is 13.5. The van der Waals surface area contributed by atoms with Crippen LogP contribution in [-0.4, -0.2) is 24.0 Å². The number of aromatic nitrogens is 1. The average molecular weight is 355 g/mol. The summed E-state index contributed by atoms with van der Waals surface area (Å²) >= 11 is 1.19. The minimum absolute atomic E-state index is 0.203. The van der Waals surface area contributed by atoms with E-state index in [1.807, 2.05) is 0 Å². The van der Waals surface area contributed by atoms with Crippen molar-refractivity contribution in [3.63, 3.8) is 0 Å². The van der Waals surface area contributed by atoms with E-state index in [1.54, 1.807) is 11.4 Å². The highest BCUT2D eigenvalue weighted by molar-refractivity contribution is 7.14. The molecule has 2 aromatic rings. The van der Waals surface area contributed by atoms with Crippen molar-refractivity contribution in [3.05, 3.63) is 35.2 Å². The first-order chi connectivity index (χ1) is 11.4. The molecule has 0 bridgehead atoms. The summed E-state index contributed by atoms with van der Waals surface area (Å²) in [6, 6.07) is 4.98. The van der Waals surface area contributed by atoms with Crippen molar-refractivity contribution < 1.29 is 18.0 Å². The molecule has 0 unspecified atom stereocenters. The van der Waals surface area contributed by atoms with E-state index in [9.17, 15) is 18.0 Å². The summed E-state index contributed by atoms with van der Waals surface area (Å²) in [5.74, 6) is 0.478. The topological polar surface area (TPSA) is 54.0 Å². The van der Waals surface area contributed by atoms with Crippen molar-refractivity contribution in [2.75, 3.05) is 18.4 Å². The van der Waals surface area contributed by atoms with Crippen molar-refractivity contribution in [1.82, 2.24) is 10.3 Å². The van der Waals surface area contributed by atoms with Crippen LogP contribution in [0.2, 0.25) is 0 Å². The lowest BCUT2D eigenvalue weighted by molar-refractivity contribution is -0.137. The molecule has 3 rings (SSSR count). The number of hydrogen-bond donors (Lipinski definition) is 2. The average Bonchev–Trinajstić information content (AvgIpc) is 3.23. The first-order valence-electron chi connectivity index (χ1n) is 7.55. The quantitative estimate of drug-likeness (QED) is 0.829. The lowest BCUT2D eigenvalue weighted by Crippen LogP contribution is -2.29. The van der Waals surface area contributed by atoms with Crippen molar-refractivity contribution in [2.24, 2.45) is 5.92 Å². The Balaban J connectivity index is 1.61. The minimum Gasteiger partial charge on any atom is -0.308 e. The second kappa shape index (κ2) is 6.90. The standard InChI is InChI=1S/C16H16F3N3OS/c17-16(18,19)12-3-1-2-11(6-12)13-9-24-15(21-13)22-14(23)8-20-7-10-4-5-10/h1-3,6,9-10,20H,4-5,7-8H2,(H,21,22,23). The molecule has 0 saturated heterocycles. The summed E-state index contributed by atoms with van der Waals surface area (Å²) in [4.78, 5) is 16.0. The van der Waals surface area contributed by atoms with Crippen molar-refractivity contribution >= 4 is 22.4 Å². The molecule has 4 nitrogen and oxygen atoms in total. The molecule has 1 aliphatic rings. The molecule has 0 atom stereocenters. The Bertz CT molecular complexity index is 725. The first kappa shape index (κ1) is 16.9. The smallest absolute Gasteiger partial charge is 0.308 e. The molecule has 2 N–H and O–H groups in total. The van der Waals surface area contributed by atoms with Crippen LogP contribution in [-0.2, 0) is 11.0 Å². The number of carbonyl (C=O) groups excluding carboxylic acids is 1. The molecule has 8 heteroatoms. The molecule has 1 saturated carbocycles. The number of carbonyl (C=O) groups is 1. The second-order valence-corrected chi connectivity index (χ2v) is 6.60. The Labute approximate surface area is 141 Å². The Morgan fingerprint density at radius 3 is 2.83 bits per heavy atom. The first-order valence-corrected chi connectivity index (χ1v) is 8.43. The number of hydrogen-bond acceptors (Lipinski definition) is 4. The second-order valence-electron chi connectivity index (χ2n) is 5.74. The van der Waals surface area contributed by atoms with Gasteiger partial charge in [-0.3, -0.25) is 4.79 Å². The van der Waals surface area contributed by atoms with E-state index in [0.717, 1.165) is 18.7 Å². The summed E-state index contributed by atoms with van der Waals surface area (Å²) in [7, 11) is 0. The number of alkyl halides is 3. The summed E-state index contributed by atoms with van der Waals surface area (Å²) in [6.45, 7) is 1.04. The number of anilines is 1. The number of nitrogens with one attached hydrogen (secondary N) is 2. The molecule has 0 spiro atoms. The molecular weight excluding hydrogens is 339 g/mol. The maximum atomic E-state index is 12.8. The Kier molecular flexibility index (Phi) is 4.86. The summed E-state index contributed by atoms with van der Waals surface area (Å²) in [5.41, 5.74) is 0.0589. The van der Waals surface area contributed by atoms with Gasteiger partial charge in [0, 0.05) is 10.9 Å². The van der Waals surface area contributed by atoms with E-state index in [1.165, 1.54) is 30.2 Å². The zero-order chi connectivity index (χ0) is 17.2. The Hall–Kier alpha value is -1.93. The minimum atomic E-state index is -4.39. The molecule has 1 aromatic carbocycles. The fourth-order valence-corrected chi connectivity index (χ4v) is 2.93. The molecule has 1 aromatic heterocycles. The lowest BCUT2D eigenvalue weighted by Gasteiger charge is -2.07. The van der Waals surface area contributed by atoms with Gasteiger partial charge in [0.1, 0.15) is 0 Å². The molecule has 1 fully saturated rings. The maximum absolute atomic E-state index is 12.8. The van der Waals surface area contributed by atoms with Crippen LogP contribution in [0.25, 0.3) is 11.3 Å². The van der Waals surface area contributed by atoms with Gasteiger partial charge in [0.25, 0.3) is 0 Å². The Morgan fingerprint density at radius 1 is 1.33 bits per heavy atom. The zero-order valence-electron chi connectivity index (χ0n) is 12.7. The molecule has 0 aliphatic heterocycles. The van der Waals surface area contributed by atoms with E-state index in [4.69, 9.17) is 0 Å². The van der Waals surface area contributed by atoms with E-state index in [2.05, 4.69) is 15.6 Å². The van der Waals surface area contributed by atoms with Gasteiger partial charge < -0.3 is 10.6 Å². The molecule has 1 aliphatic carbocycles. The third kappa shape index (κ3) is 4.55. The fraction of sp³-hybridized carbons (Fsp3) is 0.375. The molecule has 0 radical (unpaired) electrons. The third-order valence-corrected chi connectivity index (χ3v) is 4.41. The van der Waals surface area contributed by atoms with Crippen LogP contribution >= 0.6 is 11.3 Å². The highest BCUT2D eigenvalue weighted by Gasteiger charge is 2.30. The highest BCUT2D eigenvalue weighted by atomic mass is 32.1. The summed E-state index contributed by atoms with van der Waals surface area (Å²) in [5, 5.41) is 7.73. The van der Waals surface area contributed by atoms with Crippen LogP contribution in [0.5, 0.6) is 0 Å². The summed E-state index contributed by atoms with van der Waals surface area (Å²) < 4.78 is 38.3.